The topological polar surface area (TPSA) is 37.3 Å². The van der Waals surface area contributed by atoms with Gasteiger partial charge < -0.3 is 9.47 Å². The van der Waals surface area contributed by atoms with Gasteiger partial charge in [-0.05, 0) is 41.5 Å². The van der Waals surface area contributed by atoms with Gasteiger partial charge in [-0.3, -0.25) is 9.91 Å². The Morgan fingerprint density at radius 1 is 0.962 bits per heavy atom. The second-order valence-electron chi connectivity index (χ2n) is 6.22. The molecule has 0 saturated carbocycles. The molecule has 0 aromatic heterocycles. The zero-order chi connectivity index (χ0) is 18.4. The summed E-state index contributed by atoms with van der Waals surface area (Å²) in [5.74, 6) is 1.43. The van der Waals surface area contributed by atoms with E-state index in [2.05, 4.69) is 27.1 Å². The molecule has 3 rings (SSSR count). The second kappa shape index (κ2) is 8.92. The lowest BCUT2D eigenvalue weighted by atomic mass is 10.2. The van der Waals surface area contributed by atoms with Gasteiger partial charge in [-0.2, -0.15) is 5.10 Å². The van der Waals surface area contributed by atoms with Crippen LogP contribution in [0.1, 0.15) is 11.1 Å². The van der Waals surface area contributed by atoms with Gasteiger partial charge in [0.25, 0.3) is 0 Å². The van der Waals surface area contributed by atoms with Crippen LogP contribution in [0.25, 0.3) is 0 Å². The maximum absolute atomic E-state index is 5.94. The van der Waals surface area contributed by atoms with Crippen LogP contribution in [0.5, 0.6) is 11.5 Å². The van der Waals surface area contributed by atoms with Crippen LogP contribution >= 0.6 is 11.6 Å². The quantitative estimate of drug-likeness (QED) is 0.726. The minimum absolute atomic E-state index is 0.712. The van der Waals surface area contributed by atoms with Gasteiger partial charge in [0.1, 0.15) is 0 Å². The predicted octanol–water partition coefficient (Wildman–Crippen LogP) is 3.51. The molecule has 0 spiro atoms. The molecule has 0 bridgehead atoms. The number of piperazine rings is 1. The molecule has 138 valence electrons. The van der Waals surface area contributed by atoms with E-state index >= 15 is 0 Å². The molecule has 0 unspecified atom stereocenters. The van der Waals surface area contributed by atoms with Crippen LogP contribution < -0.4 is 9.47 Å². The van der Waals surface area contributed by atoms with Gasteiger partial charge in [-0.1, -0.05) is 23.7 Å². The summed E-state index contributed by atoms with van der Waals surface area (Å²) in [7, 11) is 3.27. The van der Waals surface area contributed by atoms with Crippen molar-refractivity contribution in [1.29, 1.82) is 0 Å². The third-order valence-corrected chi connectivity index (χ3v) is 4.70. The first-order valence-corrected chi connectivity index (χ1v) is 9.03. The molecule has 2 aromatic rings. The third-order valence-electron chi connectivity index (χ3n) is 4.45. The lowest BCUT2D eigenvalue weighted by Crippen LogP contribution is -2.43. The SMILES string of the molecule is COc1ccc(C=NN2CCN(Cc3ccc(Cl)cc3)CC2)cc1OC. The largest absolute Gasteiger partial charge is 0.493 e. The second-order valence-corrected chi connectivity index (χ2v) is 6.65. The number of halogens is 1. The van der Waals surface area contributed by atoms with Gasteiger partial charge in [-0.15, -0.1) is 0 Å². The van der Waals surface area contributed by atoms with Crippen molar-refractivity contribution < 1.29 is 9.47 Å². The van der Waals surface area contributed by atoms with E-state index in [1.807, 2.05) is 36.5 Å². The van der Waals surface area contributed by atoms with E-state index in [1.54, 1.807) is 14.2 Å². The van der Waals surface area contributed by atoms with Gasteiger partial charge in [0.05, 0.1) is 20.4 Å². The van der Waals surface area contributed by atoms with E-state index in [0.717, 1.165) is 49.1 Å². The predicted molar refractivity (Wildman–Crippen MR) is 105 cm³/mol. The van der Waals surface area contributed by atoms with E-state index in [1.165, 1.54) is 5.56 Å². The monoisotopic (exact) mass is 373 g/mol. The summed E-state index contributed by atoms with van der Waals surface area (Å²) >= 11 is 5.94. The van der Waals surface area contributed by atoms with Crippen molar-refractivity contribution in [2.75, 3.05) is 40.4 Å². The van der Waals surface area contributed by atoms with Crippen LogP contribution in [0.2, 0.25) is 5.02 Å². The Hall–Kier alpha value is -2.24. The van der Waals surface area contributed by atoms with Gasteiger partial charge in [0, 0.05) is 37.7 Å². The maximum atomic E-state index is 5.94. The molecule has 1 heterocycles. The number of hydrazone groups is 1. The molecule has 2 aromatic carbocycles. The fourth-order valence-electron chi connectivity index (χ4n) is 2.94. The van der Waals surface area contributed by atoms with Crippen molar-refractivity contribution in [2.45, 2.75) is 6.54 Å². The highest BCUT2D eigenvalue weighted by Crippen LogP contribution is 2.26. The molecule has 6 heteroatoms. The number of hydrogen-bond donors (Lipinski definition) is 0. The molecule has 0 radical (unpaired) electrons. The fourth-order valence-corrected chi connectivity index (χ4v) is 3.07. The zero-order valence-corrected chi connectivity index (χ0v) is 15.9. The van der Waals surface area contributed by atoms with Crippen molar-refractivity contribution in [3.63, 3.8) is 0 Å². The highest BCUT2D eigenvalue weighted by atomic mass is 35.5. The van der Waals surface area contributed by atoms with Gasteiger partial charge in [0.15, 0.2) is 11.5 Å². The average Bonchev–Trinajstić information content (AvgIpc) is 2.69. The summed E-state index contributed by atoms with van der Waals surface area (Å²) in [5, 5.41) is 7.49. The third kappa shape index (κ3) is 4.90. The highest BCUT2D eigenvalue weighted by Gasteiger charge is 2.15. The first-order valence-electron chi connectivity index (χ1n) is 8.65. The lowest BCUT2D eigenvalue weighted by Gasteiger charge is -2.33. The first-order chi connectivity index (χ1) is 12.7. The number of hydrogen-bond acceptors (Lipinski definition) is 5. The molecule has 1 aliphatic rings. The van der Waals surface area contributed by atoms with E-state index < -0.39 is 0 Å². The maximum Gasteiger partial charge on any atom is 0.161 e. The Balaban J connectivity index is 1.52. The molecule has 26 heavy (non-hydrogen) atoms. The molecule has 1 saturated heterocycles. The van der Waals surface area contributed by atoms with Crippen LogP contribution in [-0.2, 0) is 6.54 Å². The average molecular weight is 374 g/mol. The molecular formula is C20H24ClN3O2. The Bertz CT molecular complexity index is 741. The Morgan fingerprint density at radius 3 is 2.31 bits per heavy atom. The summed E-state index contributed by atoms with van der Waals surface area (Å²) in [6.07, 6.45) is 1.87. The lowest BCUT2D eigenvalue weighted by molar-refractivity contribution is 0.131. The van der Waals surface area contributed by atoms with Gasteiger partial charge in [-0.25, -0.2) is 0 Å². The van der Waals surface area contributed by atoms with Gasteiger partial charge >= 0.3 is 0 Å². The summed E-state index contributed by atoms with van der Waals surface area (Å²) < 4.78 is 10.6. The molecule has 0 atom stereocenters. The summed E-state index contributed by atoms with van der Waals surface area (Å²) in [6.45, 7) is 4.76. The molecule has 5 nitrogen and oxygen atoms in total. The van der Waals surface area contributed by atoms with E-state index in [0.29, 0.717) is 5.75 Å². The Kier molecular flexibility index (Phi) is 6.36. The molecule has 1 fully saturated rings. The van der Waals surface area contributed by atoms with Crippen LogP contribution in [0.4, 0.5) is 0 Å². The summed E-state index contributed by atoms with van der Waals surface area (Å²) in [4.78, 5) is 2.44. The zero-order valence-electron chi connectivity index (χ0n) is 15.2. The number of nitrogens with zero attached hydrogens (tertiary/aromatic N) is 3. The van der Waals surface area contributed by atoms with E-state index in [-0.39, 0.29) is 0 Å². The minimum Gasteiger partial charge on any atom is -0.493 e. The van der Waals surface area contributed by atoms with Crippen LogP contribution in [0.3, 0.4) is 0 Å². The summed E-state index contributed by atoms with van der Waals surface area (Å²) in [6, 6.07) is 13.9. The molecule has 1 aliphatic heterocycles. The molecule has 0 aliphatic carbocycles. The highest BCUT2D eigenvalue weighted by molar-refractivity contribution is 6.30. The van der Waals surface area contributed by atoms with Crippen LogP contribution in [0, 0.1) is 0 Å². The van der Waals surface area contributed by atoms with E-state index in [4.69, 9.17) is 21.1 Å². The molecule has 0 amide bonds. The van der Waals surface area contributed by atoms with Crippen molar-refractivity contribution in [2.24, 2.45) is 5.10 Å². The van der Waals surface area contributed by atoms with Crippen molar-refractivity contribution in [3.8, 4) is 11.5 Å². The fraction of sp³-hybridized carbons (Fsp3) is 0.350. The number of ether oxygens (including phenoxy) is 2. The van der Waals surface area contributed by atoms with Crippen LogP contribution in [0.15, 0.2) is 47.6 Å². The first kappa shape index (κ1) is 18.5. The van der Waals surface area contributed by atoms with Crippen LogP contribution in [-0.4, -0.2) is 56.5 Å². The number of benzene rings is 2. The normalized spacial score (nSPS) is 15.4. The molecule has 0 N–H and O–H groups in total. The Morgan fingerprint density at radius 2 is 1.65 bits per heavy atom. The minimum atomic E-state index is 0.712. The number of methoxy groups -OCH3 is 2. The summed E-state index contributed by atoms with van der Waals surface area (Å²) in [5.41, 5.74) is 2.28. The molecular weight excluding hydrogens is 350 g/mol. The number of rotatable bonds is 6. The van der Waals surface area contributed by atoms with Crippen molar-refractivity contribution >= 4 is 17.8 Å². The van der Waals surface area contributed by atoms with Crippen molar-refractivity contribution in [3.05, 3.63) is 58.6 Å². The standard InChI is InChI=1S/C20H24ClN3O2/c1-25-19-8-5-17(13-20(19)26-2)14-22-24-11-9-23(10-12-24)15-16-3-6-18(21)7-4-16/h3-8,13-14H,9-12,15H2,1-2H3. The van der Waals surface area contributed by atoms with Crippen molar-refractivity contribution in [1.82, 2.24) is 9.91 Å². The van der Waals surface area contributed by atoms with E-state index in [9.17, 15) is 0 Å². The van der Waals surface area contributed by atoms with Gasteiger partial charge in [0.2, 0.25) is 0 Å². The smallest absolute Gasteiger partial charge is 0.161 e. The Labute approximate surface area is 159 Å².